The monoisotopic (exact) mass is 292 g/mol. The van der Waals surface area contributed by atoms with Crippen LogP contribution in [0, 0.1) is 5.92 Å². The zero-order valence-electron chi connectivity index (χ0n) is 11.5. The summed E-state index contributed by atoms with van der Waals surface area (Å²) in [5.41, 5.74) is 1.01. The first-order valence-electron chi connectivity index (χ1n) is 6.66. The first-order valence-corrected chi connectivity index (χ1v) is 7.48. The molecule has 3 rings (SSSR count). The van der Waals surface area contributed by atoms with Gasteiger partial charge in [-0.3, -0.25) is 14.2 Å². The van der Waals surface area contributed by atoms with Gasteiger partial charge < -0.3 is 4.74 Å². The van der Waals surface area contributed by atoms with Crippen molar-refractivity contribution in [3.63, 3.8) is 0 Å². The van der Waals surface area contributed by atoms with E-state index >= 15 is 0 Å². The zero-order valence-corrected chi connectivity index (χ0v) is 12.3. The number of thiophene rings is 1. The maximum atomic E-state index is 12.5. The fourth-order valence-corrected chi connectivity index (χ4v) is 4.02. The van der Waals surface area contributed by atoms with Crippen LogP contribution in [0.3, 0.4) is 0 Å². The molecule has 1 aliphatic carbocycles. The van der Waals surface area contributed by atoms with Gasteiger partial charge in [0, 0.05) is 4.88 Å². The molecule has 0 bridgehead atoms. The van der Waals surface area contributed by atoms with Crippen molar-refractivity contribution >= 4 is 27.5 Å². The Hall–Kier alpha value is -1.69. The van der Waals surface area contributed by atoms with E-state index in [0.717, 1.165) is 29.7 Å². The summed E-state index contributed by atoms with van der Waals surface area (Å²) < 4.78 is 5.94. The van der Waals surface area contributed by atoms with Gasteiger partial charge in [0.05, 0.1) is 18.8 Å². The van der Waals surface area contributed by atoms with Crippen LogP contribution >= 0.6 is 11.3 Å². The van der Waals surface area contributed by atoms with Gasteiger partial charge in [0.25, 0.3) is 5.56 Å². The highest BCUT2D eigenvalue weighted by Gasteiger charge is 2.23. The molecular formula is C14H16N2O3S. The first-order chi connectivity index (χ1) is 9.60. The number of methoxy groups -OCH3 is 1. The molecule has 0 aliphatic heterocycles. The number of hydrogen-bond donors (Lipinski definition) is 0. The fourth-order valence-electron chi connectivity index (χ4n) is 2.68. The van der Waals surface area contributed by atoms with Gasteiger partial charge in [0.15, 0.2) is 0 Å². The first kappa shape index (κ1) is 13.3. The average Bonchev–Trinajstić information content (AvgIpc) is 2.79. The van der Waals surface area contributed by atoms with E-state index in [-0.39, 0.29) is 12.1 Å². The standard InChI is InChI=1S/C14H16N2O3S/c1-8-3-4-9-10(5-8)20-13-12(9)14(18)16(7-15-13)6-11(17)19-2/h7-8H,3-6H2,1-2H3/t8-/m1/s1. The molecule has 0 N–H and O–H groups in total. The van der Waals surface area contributed by atoms with Crippen molar-refractivity contribution in [3.05, 3.63) is 27.1 Å². The summed E-state index contributed by atoms with van der Waals surface area (Å²) in [7, 11) is 1.31. The predicted octanol–water partition coefficient (Wildman–Crippen LogP) is 1.76. The summed E-state index contributed by atoms with van der Waals surface area (Å²) in [4.78, 5) is 30.2. The van der Waals surface area contributed by atoms with Crippen molar-refractivity contribution < 1.29 is 9.53 Å². The fraction of sp³-hybridized carbons (Fsp3) is 0.500. The van der Waals surface area contributed by atoms with Gasteiger partial charge in [0.1, 0.15) is 11.4 Å². The van der Waals surface area contributed by atoms with Gasteiger partial charge in [-0.15, -0.1) is 11.3 Å². The predicted molar refractivity (Wildman–Crippen MR) is 77.1 cm³/mol. The van der Waals surface area contributed by atoms with Crippen molar-refractivity contribution in [2.75, 3.05) is 7.11 Å². The van der Waals surface area contributed by atoms with Crippen molar-refractivity contribution in [3.8, 4) is 0 Å². The Labute approximate surface area is 120 Å². The van der Waals surface area contributed by atoms with E-state index < -0.39 is 5.97 Å². The molecule has 0 amide bonds. The maximum Gasteiger partial charge on any atom is 0.325 e. The quantitative estimate of drug-likeness (QED) is 0.791. The molecule has 6 heteroatoms. The highest BCUT2D eigenvalue weighted by molar-refractivity contribution is 7.18. The molecule has 0 saturated heterocycles. The van der Waals surface area contributed by atoms with Gasteiger partial charge in [-0.2, -0.15) is 0 Å². The lowest BCUT2D eigenvalue weighted by atomic mass is 9.89. The van der Waals surface area contributed by atoms with E-state index in [2.05, 4.69) is 16.6 Å². The van der Waals surface area contributed by atoms with Crippen molar-refractivity contribution in [1.29, 1.82) is 0 Å². The molecule has 0 spiro atoms. The molecule has 2 aromatic rings. The van der Waals surface area contributed by atoms with Crippen LogP contribution in [0.5, 0.6) is 0 Å². The van der Waals surface area contributed by atoms with Crippen molar-refractivity contribution in [2.24, 2.45) is 5.92 Å². The van der Waals surface area contributed by atoms with Crippen molar-refractivity contribution in [1.82, 2.24) is 9.55 Å². The van der Waals surface area contributed by atoms with Gasteiger partial charge in [-0.1, -0.05) is 6.92 Å². The third-order valence-electron chi connectivity index (χ3n) is 3.81. The third-order valence-corrected chi connectivity index (χ3v) is 4.97. The number of hydrogen-bond acceptors (Lipinski definition) is 5. The third kappa shape index (κ3) is 2.14. The lowest BCUT2D eigenvalue weighted by Crippen LogP contribution is -2.25. The molecule has 0 fully saturated rings. The Morgan fingerprint density at radius 3 is 3.15 bits per heavy atom. The molecule has 20 heavy (non-hydrogen) atoms. The number of esters is 1. The minimum Gasteiger partial charge on any atom is -0.468 e. The number of nitrogens with zero attached hydrogens (tertiary/aromatic N) is 2. The Balaban J connectivity index is 2.13. The Kier molecular flexibility index (Phi) is 3.33. The molecule has 0 radical (unpaired) electrons. The van der Waals surface area contributed by atoms with Crippen LogP contribution in [0.4, 0.5) is 0 Å². The van der Waals surface area contributed by atoms with Gasteiger partial charge >= 0.3 is 5.97 Å². The minimum atomic E-state index is -0.439. The van der Waals surface area contributed by atoms with E-state index in [9.17, 15) is 9.59 Å². The van der Waals surface area contributed by atoms with E-state index in [1.54, 1.807) is 11.3 Å². The molecule has 5 nitrogen and oxygen atoms in total. The number of aromatic nitrogens is 2. The summed E-state index contributed by atoms with van der Waals surface area (Å²) in [6.45, 7) is 2.15. The number of fused-ring (bicyclic) bond motifs is 3. The Morgan fingerprint density at radius 1 is 1.60 bits per heavy atom. The number of carbonyl (C=O) groups excluding carboxylic acids is 1. The van der Waals surface area contributed by atoms with E-state index in [0.29, 0.717) is 11.3 Å². The largest absolute Gasteiger partial charge is 0.468 e. The lowest BCUT2D eigenvalue weighted by Gasteiger charge is -2.17. The Bertz CT molecular complexity index is 732. The second-order valence-electron chi connectivity index (χ2n) is 5.29. The molecular weight excluding hydrogens is 276 g/mol. The SMILES string of the molecule is COC(=O)Cn1cnc2sc3c(c2c1=O)CC[C@@H](C)C3. The topological polar surface area (TPSA) is 61.2 Å². The molecule has 106 valence electrons. The van der Waals surface area contributed by atoms with Gasteiger partial charge in [0.2, 0.25) is 0 Å². The molecule has 0 aromatic carbocycles. The Morgan fingerprint density at radius 2 is 2.40 bits per heavy atom. The molecule has 0 saturated carbocycles. The van der Waals surface area contributed by atoms with Crippen LogP contribution in [0.15, 0.2) is 11.1 Å². The number of aryl methyl sites for hydroxylation is 1. The highest BCUT2D eigenvalue weighted by atomic mass is 32.1. The smallest absolute Gasteiger partial charge is 0.325 e. The molecule has 2 aromatic heterocycles. The summed E-state index contributed by atoms with van der Waals surface area (Å²) in [6, 6.07) is 0. The zero-order chi connectivity index (χ0) is 14.3. The minimum absolute atomic E-state index is 0.0840. The number of carbonyl (C=O) groups is 1. The molecule has 0 unspecified atom stereocenters. The van der Waals surface area contributed by atoms with E-state index in [1.165, 1.54) is 22.9 Å². The van der Waals surface area contributed by atoms with Crippen LogP contribution in [-0.4, -0.2) is 22.6 Å². The normalized spacial score (nSPS) is 18.0. The van der Waals surface area contributed by atoms with Crippen LogP contribution < -0.4 is 5.56 Å². The van der Waals surface area contributed by atoms with Crippen LogP contribution in [0.25, 0.3) is 10.2 Å². The number of rotatable bonds is 2. The highest BCUT2D eigenvalue weighted by Crippen LogP contribution is 2.35. The molecule has 2 heterocycles. The van der Waals surface area contributed by atoms with E-state index in [1.807, 2.05) is 0 Å². The second kappa shape index (κ2) is 5.01. The summed E-state index contributed by atoms with van der Waals surface area (Å²) in [6.07, 6.45) is 4.49. The molecule has 1 atom stereocenters. The summed E-state index contributed by atoms with van der Waals surface area (Å²) in [5.74, 6) is 0.221. The number of ether oxygens (including phenoxy) is 1. The molecule has 1 aliphatic rings. The summed E-state index contributed by atoms with van der Waals surface area (Å²) >= 11 is 1.61. The lowest BCUT2D eigenvalue weighted by molar-refractivity contribution is -0.141. The van der Waals surface area contributed by atoms with Crippen LogP contribution in [0.2, 0.25) is 0 Å². The van der Waals surface area contributed by atoms with Gasteiger partial charge in [-0.05, 0) is 30.7 Å². The maximum absolute atomic E-state index is 12.5. The average molecular weight is 292 g/mol. The second-order valence-corrected chi connectivity index (χ2v) is 6.37. The van der Waals surface area contributed by atoms with Crippen LogP contribution in [-0.2, 0) is 28.9 Å². The van der Waals surface area contributed by atoms with Crippen molar-refractivity contribution in [2.45, 2.75) is 32.7 Å². The van der Waals surface area contributed by atoms with Gasteiger partial charge in [-0.25, -0.2) is 4.98 Å². The van der Waals surface area contributed by atoms with E-state index in [4.69, 9.17) is 0 Å². The summed E-state index contributed by atoms with van der Waals surface area (Å²) in [5, 5.41) is 0.698. The van der Waals surface area contributed by atoms with Crippen LogP contribution in [0.1, 0.15) is 23.8 Å².